The molecule has 0 saturated carbocycles. The molecule has 39 heavy (non-hydrogen) atoms. The van der Waals surface area contributed by atoms with E-state index >= 15 is 0 Å². The van der Waals surface area contributed by atoms with Crippen LogP contribution >= 0.6 is 0 Å². The Morgan fingerprint density at radius 3 is 1.15 bits per heavy atom. The lowest BCUT2D eigenvalue weighted by Crippen LogP contribution is -2.22. The van der Waals surface area contributed by atoms with Crippen LogP contribution in [0.25, 0.3) is 22.9 Å². The second-order valence-electron chi connectivity index (χ2n) is 9.22. The fourth-order valence-corrected chi connectivity index (χ4v) is 5.24. The average Bonchev–Trinajstić information content (AvgIpc) is 3.44. The third kappa shape index (κ3) is 3.01. The van der Waals surface area contributed by atoms with E-state index in [-0.39, 0.29) is 90.8 Å². The fraction of sp³-hybridized carbons (Fsp3) is 0. The highest BCUT2D eigenvalue weighted by Gasteiger charge is 2.34. The minimum atomic E-state index is -0.373. The van der Waals surface area contributed by atoms with Gasteiger partial charge in [0.2, 0.25) is 11.8 Å². The Morgan fingerprint density at radius 2 is 0.769 bits per heavy atom. The van der Waals surface area contributed by atoms with Crippen LogP contribution in [-0.2, 0) is 0 Å². The van der Waals surface area contributed by atoms with E-state index in [1.807, 2.05) is 0 Å². The van der Waals surface area contributed by atoms with Gasteiger partial charge in [0.25, 0.3) is 0 Å². The zero-order valence-electron chi connectivity index (χ0n) is 20.0. The van der Waals surface area contributed by atoms with E-state index in [0.717, 1.165) is 0 Å². The van der Waals surface area contributed by atoms with Gasteiger partial charge in [-0.2, -0.15) is 0 Å². The van der Waals surface area contributed by atoms with Gasteiger partial charge in [-0.05, 0) is 24.3 Å². The first-order chi connectivity index (χ1) is 18.9. The number of carbonyl (C=O) groups excluding carboxylic acids is 4. The average molecular weight is 512 g/mol. The molecule has 0 bridgehead atoms. The van der Waals surface area contributed by atoms with Crippen LogP contribution in [0.3, 0.4) is 0 Å². The molecule has 5 aromatic rings. The standard InChI is InChI=1S/C30H16N4O5/c31-23-19(11-9-17-21(23)27(37)15-7-3-1-5-13(15)25(17)35)29-33-34-30(39-29)20-12-10-18-22(24(20)32)28(38)16-8-4-2-6-14(16)26(18)36/h1-12H,31-32H2. The number of rotatable bonds is 2. The highest BCUT2D eigenvalue weighted by Crippen LogP contribution is 2.39. The summed E-state index contributed by atoms with van der Waals surface area (Å²) in [7, 11) is 0. The van der Waals surface area contributed by atoms with Gasteiger partial charge in [0.15, 0.2) is 23.1 Å². The van der Waals surface area contributed by atoms with E-state index < -0.39 is 0 Å². The number of ketones is 4. The number of nitrogen functional groups attached to an aromatic ring is 2. The first-order valence-electron chi connectivity index (χ1n) is 11.9. The van der Waals surface area contributed by atoms with Gasteiger partial charge < -0.3 is 15.9 Å². The molecule has 7 rings (SSSR count). The maximum absolute atomic E-state index is 13.2. The summed E-state index contributed by atoms with van der Waals surface area (Å²) in [6.45, 7) is 0. The lowest BCUT2D eigenvalue weighted by molar-refractivity contribution is 0.0979. The highest BCUT2D eigenvalue weighted by molar-refractivity contribution is 6.31. The molecule has 0 atom stereocenters. The monoisotopic (exact) mass is 512 g/mol. The van der Waals surface area contributed by atoms with E-state index in [1.54, 1.807) is 60.7 Å². The summed E-state index contributed by atoms with van der Waals surface area (Å²) in [5.74, 6) is -1.36. The van der Waals surface area contributed by atoms with Crippen LogP contribution in [0.15, 0.2) is 77.2 Å². The molecule has 0 saturated heterocycles. The van der Waals surface area contributed by atoms with Crippen molar-refractivity contribution < 1.29 is 23.6 Å². The van der Waals surface area contributed by atoms with Gasteiger partial charge in [0.05, 0.1) is 33.6 Å². The molecule has 4 aromatic carbocycles. The Morgan fingerprint density at radius 1 is 0.436 bits per heavy atom. The Kier molecular flexibility index (Phi) is 4.55. The number of aromatic nitrogens is 2. The molecule has 1 heterocycles. The number of fused-ring (bicyclic) bond motifs is 4. The maximum Gasteiger partial charge on any atom is 0.250 e. The number of carbonyl (C=O) groups is 4. The molecule has 0 unspecified atom stereocenters. The highest BCUT2D eigenvalue weighted by atomic mass is 16.4. The van der Waals surface area contributed by atoms with E-state index in [1.165, 1.54) is 12.1 Å². The number of hydrogen-bond donors (Lipinski definition) is 2. The van der Waals surface area contributed by atoms with Crippen molar-refractivity contribution in [2.24, 2.45) is 0 Å². The van der Waals surface area contributed by atoms with Gasteiger partial charge in [-0.3, -0.25) is 19.2 Å². The summed E-state index contributed by atoms with van der Waals surface area (Å²) in [6.07, 6.45) is 0. The van der Waals surface area contributed by atoms with Gasteiger partial charge in [-0.15, -0.1) is 10.2 Å². The number of anilines is 2. The summed E-state index contributed by atoms with van der Waals surface area (Å²) in [5.41, 5.74) is 15.1. The van der Waals surface area contributed by atoms with Crippen molar-refractivity contribution in [1.29, 1.82) is 0 Å². The zero-order chi connectivity index (χ0) is 27.0. The van der Waals surface area contributed by atoms with Crippen molar-refractivity contribution in [3.05, 3.63) is 117 Å². The van der Waals surface area contributed by atoms with Crippen LogP contribution in [0, 0.1) is 0 Å². The van der Waals surface area contributed by atoms with Crippen molar-refractivity contribution in [2.45, 2.75) is 0 Å². The molecule has 0 radical (unpaired) electrons. The molecular formula is C30H16N4O5. The lowest BCUT2D eigenvalue weighted by atomic mass is 9.82. The molecular weight excluding hydrogens is 496 g/mol. The quantitative estimate of drug-likeness (QED) is 0.325. The first kappa shape index (κ1) is 22.5. The van der Waals surface area contributed by atoms with E-state index in [2.05, 4.69) is 10.2 Å². The van der Waals surface area contributed by atoms with Crippen molar-refractivity contribution in [3.8, 4) is 22.9 Å². The third-order valence-corrected chi connectivity index (χ3v) is 7.15. The summed E-state index contributed by atoms with van der Waals surface area (Å²) < 4.78 is 5.89. The molecule has 0 spiro atoms. The van der Waals surface area contributed by atoms with Gasteiger partial charge >= 0.3 is 0 Å². The van der Waals surface area contributed by atoms with Crippen LogP contribution in [0.4, 0.5) is 11.4 Å². The molecule has 0 fully saturated rings. The lowest BCUT2D eigenvalue weighted by Gasteiger charge is -2.20. The van der Waals surface area contributed by atoms with Crippen molar-refractivity contribution in [2.75, 3.05) is 11.5 Å². The summed E-state index contributed by atoms with van der Waals surface area (Å²) in [6, 6.07) is 19.2. The minimum absolute atomic E-state index is 0.00530. The predicted octanol–water partition coefficient (Wildman–Crippen LogP) is 4.12. The normalized spacial score (nSPS) is 13.5. The van der Waals surface area contributed by atoms with Gasteiger partial charge in [-0.1, -0.05) is 48.5 Å². The molecule has 186 valence electrons. The summed E-state index contributed by atoms with van der Waals surface area (Å²) in [5, 5.41) is 8.17. The van der Waals surface area contributed by atoms with Gasteiger partial charge in [0, 0.05) is 33.4 Å². The van der Waals surface area contributed by atoms with E-state index in [9.17, 15) is 19.2 Å². The first-order valence-corrected chi connectivity index (χ1v) is 11.9. The molecule has 9 nitrogen and oxygen atoms in total. The molecule has 2 aliphatic rings. The van der Waals surface area contributed by atoms with E-state index in [4.69, 9.17) is 15.9 Å². The number of nitrogens with zero attached hydrogens (tertiary/aromatic N) is 2. The molecule has 0 amide bonds. The van der Waals surface area contributed by atoms with Gasteiger partial charge in [-0.25, -0.2) is 0 Å². The third-order valence-electron chi connectivity index (χ3n) is 7.15. The number of benzene rings is 4. The van der Waals surface area contributed by atoms with Crippen molar-refractivity contribution in [1.82, 2.24) is 10.2 Å². The number of hydrogen-bond acceptors (Lipinski definition) is 9. The topological polar surface area (TPSA) is 159 Å². The summed E-state index contributed by atoms with van der Waals surface area (Å²) in [4.78, 5) is 52.5. The zero-order valence-corrected chi connectivity index (χ0v) is 20.0. The maximum atomic E-state index is 13.2. The van der Waals surface area contributed by atoms with E-state index in [0.29, 0.717) is 11.1 Å². The Hall–Kier alpha value is -5.70. The van der Waals surface area contributed by atoms with Gasteiger partial charge in [0.1, 0.15) is 0 Å². The number of nitrogens with two attached hydrogens (primary N) is 2. The van der Waals surface area contributed by atoms with Crippen LogP contribution in [0.2, 0.25) is 0 Å². The largest absolute Gasteiger partial charge is 0.416 e. The fourth-order valence-electron chi connectivity index (χ4n) is 5.24. The second-order valence-corrected chi connectivity index (χ2v) is 9.22. The Labute approximate surface area is 220 Å². The molecule has 4 N–H and O–H groups in total. The summed E-state index contributed by atoms with van der Waals surface area (Å²) >= 11 is 0. The molecule has 2 aliphatic carbocycles. The predicted molar refractivity (Wildman–Crippen MR) is 141 cm³/mol. The molecule has 0 aliphatic heterocycles. The minimum Gasteiger partial charge on any atom is -0.416 e. The van der Waals surface area contributed by atoms with Crippen LogP contribution < -0.4 is 11.5 Å². The molecule has 9 heteroatoms. The van der Waals surface area contributed by atoms with Crippen LogP contribution in [-0.4, -0.2) is 33.3 Å². The van der Waals surface area contributed by atoms with Crippen LogP contribution in [0.5, 0.6) is 0 Å². The second kappa shape index (κ2) is 7.90. The van der Waals surface area contributed by atoms with Crippen molar-refractivity contribution >= 4 is 34.5 Å². The Bertz CT molecular complexity index is 1830. The molecule has 1 aromatic heterocycles. The van der Waals surface area contributed by atoms with Crippen LogP contribution in [0.1, 0.15) is 63.7 Å². The van der Waals surface area contributed by atoms with Crippen molar-refractivity contribution in [3.63, 3.8) is 0 Å². The SMILES string of the molecule is Nc1c(-c2nnc(-c3ccc4c(c3N)C(=O)c3ccccc3C4=O)o2)ccc2c1C(=O)c1ccccc1C2=O. The smallest absolute Gasteiger partial charge is 0.250 e. The Balaban J connectivity index is 1.31.